The van der Waals surface area contributed by atoms with Crippen LogP contribution < -0.4 is 14.2 Å². The van der Waals surface area contributed by atoms with Crippen molar-refractivity contribution in [1.29, 1.82) is 0 Å². The van der Waals surface area contributed by atoms with Gasteiger partial charge in [-0.3, -0.25) is 9.69 Å². The van der Waals surface area contributed by atoms with Gasteiger partial charge < -0.3 is 18.9 Å². The van der Waals surface area contributed by atoms with E-state index in [1.54, 1.807) is 13.2 Å². The minimum Gasteiger partial charge on any atom is -0.494 e. The quantitative estimate of drug-likeness (QED) is 0.505. The Hall–Kier alpha value is -2.83. The predicted octanol–water partition coefficient (Wildman–Crippen LogP) is 4.20. The number of aryl methyl sites for hydroxylation is 1. The lowest BCUT2D eigenvalue weighted by Gasteiger charge is -2.30. The smallest absolute Gasteiger partial charge is 0.232 e. The van der Waals surface area contributed by atoms with Crippen molar-refractivity contribution in [3.05, 3.63) is 58.3 Å². The molecule has 0 saturated heterocycles. The molecule has 2 aliphatic heterocycles. The molecule has 0 unspecified atom stereocenters. The van der Waals surface area contributed by atoms with E-state index in [1.807, 2.05) is 44.2 Å². The van der Waals surface area contributed by atoms with Crippen molar-refractivity contribution in [1.82, 2.24) is 4.90 Å². The summed E-state index contributed by atoms with van der Waals surface area (Å²) in [5, 5.41) is 0. The minimum atomic E-state index is -0.0873. The molecule has 2 heterocycles. The van der Waals surface area contributed by atoms with Gasteiger partial charge in [0.1, 0.15) is 24.0 Å². The number of hydrogen-bond acceptors (Lipinski definition) is 6. The summed E-state index contributed by atoms with van der Waals surface area (Å²) in [6, 6.07) is 9.56. The van der Waals surface area contributed by atoms with Gasteiger partial charge in [0, 0.05) is 26.8 Å². The number of methoxy groups -OCH3 is 1. The van der Waals surface area contributed by atoms with Crippen LogP contribution in [0.2, 0.25) is 0 Å². The molecule has 6 heteroatoms. The van der Waals surface area contributed by atoms with Gasteiger partial charge in [-0.2, -0.15) is 0 Å². The average molecular weight is 409 g/mol. The van der Waals surface area contributed by atoms with Crippen LogP contribution in [0.15, 0.2) is 36.1 Å². The summed E-state index contributed by atoms with van der Waals surface area (Å²) in [5.74, 6) is 2.48. The van der Waals surface area contributed by atoms with E-state index in [0.29, 0.717) is 43.6 Å². The van der Waals surface area contributed by atoms with Crippen LogP contribution in [0, 0.1) is 6.92 Å². The highest BCUT2D eigenvalue weighted by Crippen LogP contribution is 2.44. The molecule has 2 aliphatic rings. The number of nitrogens with zero attached hydrogens (tertiary/aromatic N) is 1. The van der Waals surface area contributed by atoms with Crippen molar-refractivity contribution in [2.75, 3.05) is 33.6 Å². The Morgan fingerprint density at radius 2 is 2.03 bits per heavy atom. The Morgan fingerprint density at radius 3 is 2.77 bits per heavy atom. The minimum absolute atomic E-state index is 0.0873. The molecule has 0 amide bonds. The van der Waals surface area contributed by atoms with Gasteiger partial charge in [-0.25, -0.2) is 0 Å². The van der Waals surface area contributed by atoms with Crippen molar-refractivity contribution < 1.29 is 23.7 Å². The standard InChI is InChI=1S/C24H27NO5/c1-4-28-18-8-6-17(7-9-18)13-21-23(26)22-16(2)12-20-19(24(22)30-21)14-25(15-29-20)10-5-11-27-3/h6-9,12-13H,4-5,10-11,14-15H2,1-3H3/b21-13-. The molecule has 2 aromatic rings. The maximum atomic E-state index is 13.1. The average Bonchev–Trinajstić information content (AvgIpc) is 3.07. The number of hydrogen-bond donors (Lipinski definition) is 0. The maximum Gasteiger partial charge on any atom is 0.232 e. The summed E-state index contributed by atoms with van der Waals surface area (Å²) in [7, 11) is 1.70. The molecule has 0 bridgehead atoms. The number of ketones is 1. The first-order valence-corrected chi connectivity index (χ1v) is 10.3. The second-order valence-corrected chi connectivity index (χ2v) is 7.49. The number of fused-ring (bicyclic) bond motifs is 3. The molecule has 2 aromatic carbocycles. The molecule has 158 valence electrons. The third-order valence-corrected chi connectivity index (χ3v) is 5.30. The van der Waals surface area contributed by atoms with Crippen molar-refractivity contribution in [3.63, 3.8) is 0 Å². The molecule has 0 N–H and O–H groups in total. The molecule has 0 aromatic heterocycles. The van der Waals surface area contributed by atoms with Crippen LogP contribution in [0.3, 0.4) is 0 Å². The van der Waals surface area contributed by atoms with Crippen molar-refractivity contribution in [3.8, 4) is 17.2 Å². The fraction of sp³-hybridized carbons (Fsp3) is 0.375. The Morgan fingerprint density at radius 1 is 1.23 bits per heavy atom. The molecular formula is C24H27NO5. The molecule has 30 heavy (non-hydrogen) atoms. The van der Waals surface area contributed by atoms with Crippen LogP contribution >= 0.6 is 0 Å². The lowest BCUT2D eigenvalue weighted by molar-refractivity contribution is 0.0822. The number of carbonyl (C=O) groups is 1. The Labute approximate surface area is 177 Å². The highest BCUT2D eigenvalue weighted by Gasteiger charge is 2.35. The Bertz CT molecular complexity index is 965. The van der Waals surface area contributed by atoms with Gasteiger partial charge in [-0.1, -0.05) is 12.1 Å². The summed E-state index contributed by atoms with van der Waals surface area (Å²) in [5.41, 5.74) is 3.33. The number of benzene rings is 2. The molecule has 0 atom stereocenters. The van der Waals surface area contributed by atoms with Crippen LogP contribution in [-0.2, 0) is 11.3 Å². The highest BCUT2D eigenvalue weighted by molar-refractivity contribution is 6.15. The van der Waals surface area contributed by atoms with E-state index in [1.165, 1.54) is 0 Å². The van der Waals surface area contributed by atoms with Gasteiger partial charge in [-0.05, 0) is 55.7 Å². The summed E-state index contributed by atoms with van der Waals surface area (Å²) < 4.78 is 22.7. The number of allylic oxidation sites excluding steroid dienone is 1. The summed E-state index contributed by atoms with van der Waals surface area (Å²) in [6.45, 7) is 7.27. The van der Waals surface area contributed by atoms with E-state index in [-0.39, 0.29) is 5.78 Å². The van der Waals surface area contributed by atoms with Gasteiger partial charge in [0.2, 0.25) is 5.78 Å². The first kappa shape index (κ1) is 20.4. The Kier molecular flexibility index (Phi) is 6.06. The zero-order valence-corrected chi connectivity index (χ0v) is 17.7. The van der Waals surface area contributed by atoms with Gasteiger partial charge in [0.25, 0.3) is 0 Å². The van der Waals surface area contributed by atoms with Crippen LogP contribution in [0.1, 0.15) is 40.4 Å². The molecule has 0 saturated carbocycles. The number of ether oxygens (including phenoxy) is 4. The number of rotatable bonds is 7. The first-order chi connectivity index (χ1) is 14.6. The van der Waals surface area contributed by atoms with Crippen LogP contribution in [-0.4, -0.2) is 44.3 Å². The zero-order valence-electron chi connectivity index (χ0n) is 17.7. The van der Waals surface area contributed by atoms with E-state index in [4.69, 9.17) is 18.9 Å². The van der Waals surface area contributed by atoms with Gasteiger partial charge in [0.15, 0.2) is 5.76 Å². The molecular weight excluding hydrogens is 382 g/mol. The van der Waals surface area contributed by atoms with Gasteiger partial charge in [0.05, 0.1) is 17.7 Å². The molecule has 4 rings (SSSR count). The Balaban J connectivity index is 1.59. The number of Topliss-reactive ketones (excluding diaryl/α,β-unsaturated/α-hetero) is 1. The van der Waals surface area contributed by atoms with E-state index in [0.717, 1.165) is 41.2 Å². The third-order valence-electron chi connectivity index (χ3n) is 5.30. The SMILES string of the molecule is CCOc1ccc(/C=C2\Oc3c4c(cc(C)c3C2=O)OCN(CCCOC)C4)cc1. The summed E-state index contributed by atoms with van der Waals surface area (Å²) in [4.78, 5) is 15.3. The fourth-order valence-electron chi connectivity index (χ4n) is 3.83. The second kappa shape index (κ2) is 8.90. The van der Waals surface area contributed by atoms with Crippen molar-refractivity contribution in [2.45, 2.75) is 26.8 Å². The lowest BCUT2D eigenvalue weighted by atomic mass is 9.98. The monoisotopic (exact) mass is 409 g/mol. The number of carbonyl (C=O) groups excluding carboxylic acids is 1. The fourth-order valence-corrected chi connectivity index (χ4v) is 3.83. The van der Waals surface area contributed by atoms with Gasteiger partial charge >= 0.3 is 0 Å². The predicted molar refractivity (Wildman–Crippen MR) is 114 cm³/mol. The summed E-state index contributed by atoms with van der Waals surface area (Å²) >= 11 is 0. The van der Waals surface area contributed by atoms with Gasteiger partial charge in [-0.15, -0.1) is 0 Å². The molecule has 0 spiro atoms. The van der Waals surface area contributed by atoms with Crippen molar-refractivity contribution in [2.24, 2.45) is 0 Å². The largest absolute Gasteiger partial charge is 0.494 e. The lowest BCUT2D eigenvalue weighted by Crippen LogP contribution is -2.33. The second-order valence-electron chi connectivity index (χ2n) is 7.49. The topological polar surface area (TPSA) is 57.2 Å². The normalized spacial score (nSPS) is 16.8. The molecule has 6 nitrogen and oxygen atoms in total. The van der Waals surface area contributed by atoms with Crippen molar-refractivity contribution >= 4 is 11.9 Å². The molecule has 0 aliphatic carbocycles. The highest BCUT2D eigenvalue weighted by atomic mass is 16.5. The maximum absolute atomic E-state index is 13.1. The third kappa shape index (κ3) is 4.06. The first-order valence-electron chi connectivity index (χ1n) is 10.3. The van der Waals surface area contributed by atoms with E-state index in [9.17, 15) is 4.79 Å². The van der Waals surface area contributed by atoms with E-state index in [2.05, 4.69) is 4.90 Å². The van der Waals surface area contributed by atoms with Crippen LogP contribution in [0.4, 0.5) is 0 Å². The molecule has 0 fully saturated rings. The van der Waals surface area contributed by atoms with E-state index < -0.39 is 0 Å². The molecule has 0 radical (unpaired) electrons. The van der Waals surface area contributed by atoms with E-state index >= 15 is 0 Å². The van der Waals surface area contributed by atoms with Crippen LogP contribution in [0.25, 0.3) is 6.08 Å². The zero-order chi connectivity index (χ0) is 21.1. The summed E-state index contributed by atoms with van der Waals surface area (Å²) in [6.07, 6.45) is 2.70. The van der Waals surface area contributed by atoms with Crippen LogP contribution in [0.5, 0.6) is 17.2 Å².